The standard InChI is InChI=1S/C7H7BNO/c8-10-7-3-1-6(5-9)2-4-7/h1-5,8-9H. The zero-order valence-electron chi connectivity index (χ0n) is 5.50. The maximum absolute atomic E-state index is 6.89. The third-order valence-electron chi connectivity index (χ3n) is 1.21. The minimum atomic E-state index is 0.714. The fraction of sp³-hybridized carbons (Fsp3) is 0. The van der Waals surface area contributed by atoms with E-state index in [0.29, 0.717) is 5.75 Å². The molecule has 1 aromatic rings. The summed E-state index contributed by atoms with van der Waals surface area (Å²) in [5, 5.41) is 6.89. The molecule has 0 amide bonds. The van der Waals surface area contributed by atoms with Crippen molar-refractivity contribution in [2.24, 2.45) is 0 Å². The van der Waals surface area contributed by atoms with E-state index in [1.807, 2.05) is 0 Å². The second kappa shape index (κ2) is 3.06. The van der Waals surface area contributed by atoms with Gasteiger partial charge in [0.25, 0.3) is 0 Å². The molecule has 0 saturated heterocycles. The van der Waals surface area contributed by atoms with Crippen LogP contribution in [-0.2, 0) is 0 Å². The molecule has 0 aliphatic rings. The second-order valence-corrected chi connectivity index (χ2v) is 1.86. The van der Waals surface area contributed by atoms with Crippen molar-refractivity contribution in [3.05, 3.63) is 29.8 Å². The number of hydrogen-bond acceptors (Lipinski definition) is 2. The van der Waals surface area contributed by atoms with Crippen LogP contribution in [0, 0.1) is 5.41 Å². The van der Waals surface area contributed by atoms with Crippen molar-refractivity contribution < 1.29 is 4.65 Å². The van der Waals surface area contributed by atoms with E-state index in [9.17, 15) is 0 Å². The van der Waals surface area contributed by atoms with E-state index < -0.39 is 0 Å². The van der Waals surface area contributed by atoms with Crippen LogP contribution in [0.4, 0.5) is 0 Å². The molecule has 1 rings (SSSR count). The Balaban J connectivity index is 2.90. The van der Waals surface area contributed by atoms with Crippen LogP contribution in [0.5, 0.6) is 5.75 Å². The predicted molar refractivity (Wildman–Crippen MR) is 42.1 cm³/mol. The molecule has 1 N–H and O–H groups in total. The molecule has 0 spiro atoms. The molecular weight excluding hydrogens is 125 g/mol. The largest absolute Gasteiger partial charge is 0.567 e. The average molecular weight is 132 g/mol. The molecular formula is C7H7BNO. The third-order valence-corrected chi connectivity index (χ3v) is 1.21. The van der Waals surface area contributed by atoms with Crippen molar-refractivity contribution in [1.82, 2.24) is 0 Å². The summed E-state index contributed by atoms with van der Waals surface area (Å²) in [5.74, 6) is 0.714. The minimum Gasteiger partial charge on any atom is -0.567 e. The quantitative estimate of drug-likeness (QED) is 0.470. The molecule has 0 saturated carbocycles. The summed E-state index contributed by atoms with van der Waals surface area (Å²) in [6.45, 7) is 0. The highest BCUT2D eigenvalue weighted by atomic mass is 16.4. The first kappa shape index (κ1) is 6.87. The van der Waals surface area contributed by atoms with E-state index in [1.165, 1.54) is 6.21 Å². The van der Waals surface area contributed by atoms with E-state index >= 15 is 0 Å². The summed E-state index contributed by atoms with van der Waals surface area (Å²) < 4.78 is 4.69. The highest BCUT2D eigenvalue weighted by Gasteiger charge is 1.87. The first-order chi connectivity index (χ1) is 4.86. The molecule has 0 aliphatic heterocycles. The predicted octanol–water partition coefficient (Wildman–Crippen LogP) is 0.879. The van der Waals surface area contributed by atoms with Gasteiger partial charge in [-0.1, -0.05) is 0 Å². The summed E-state index contributed by atoms with van der Waals surface area (Å²) in [6, 6.07) is 7.14. The lowest BCUT2D eigenvalue weighted by molar-refractivity contribution is 0.616. The second-order valence-electron chi connectivity index (χ2n) is 1.86. The van der Waals surface area contributed by atoms with Gasteiger partial charge in [-0.2, -0.15) is 0 Å². The number of benzene rings is 1. The van der Waals surface area contributed by atoms with Crippen molar-refractivity contribution in [1.29, 1.82) is 5.41 Å². The molecule has 0 heterocycles. The van der Waals surface area contributed by atoms with E-state index in [-0.39, 0.29) is 0 Å². The fourth-order valence-corrected chi connectivity index (χ4v) is 0.660. The molecule has 2 nitrogen and oxygen atoms in total. The van der Waals surface area contributed by atoms with Crippen LogP contribution in [0.15, 0.2) is 24.3 Å². The summed E-state index contributed by atoms with van der Waals surface area (Å²) in [7, 11) is 3.25. The lowest BCUT2D eigenvalue weighted by Crippen LogP contribution is -1.85. The monoisotopic (exact) mass is 132 g/mol. The van der Waals surface area contributed by atoms with Gasteiger partial charge in [0.2, 0.25) is 0 Å². The average Bonchev–Trinajstić information content (AvgIpc) is 2.05. The number of rotatable bonds is 2. The van der Waals surface area contributed by atoms with Crippen LogP contribution in [0.2, 0.25) is 0 Å². The van der Waals surface area contributed by atoms with Gasteiger partial charge in [-0.15, -0.1) is 0 Å². The lowest BCUT2D eigenvalue weighted by atomic mass is 10.2. The van der Waals surface area contributed by atoms with Gasteiger partial charge in [-0.25, -0.2) is 0 Å². The van der Waals surface area contributed by atoms with Gasteiger partial charge < -0.3 is 10.1 Å². The summed E-state index contributed by atoms with van der Waals surface area (Å²) in [5.41, 5.74) is 0.862. The molecule has 1 aromatic carbocycles. The van der Waals surface area contributed by atoms with Crippen molar-refractivity contribution in [2.75, 3.05) is 0 Å². The highest BCUT2D eigenvalue weighted by Crippen LogP contribution is 2.08. The van der Waals surface area contributed by atoms with Crippen LogP contribution in [-0.4, -0.2) is 14.3 Å². The Labute approximate surface area is 60.8 Å². The van der Waals surface area contributed by atoms with Gasteiger partial charge in [0.15, 0.2) is 0 Å². The van der Waals surface area contributed by atoms with Gasteiger partial charge in [0, 0.05) is 6.21 Å². The normalized spacial score (nSPS) is 8.80. The molecule has 0 unspecified atom stereocenters. The van der Waals surface area contributed by atoms with Crippen molar-refractivity contribution in [2.45, 2.75) is 0 Å². The van der Waals surface area contributed by atoms with E-state index in [4.69, 9.17) is 5.41 Å². The zero-order chi connectivity index (χ0) is 7.40. The molecule has 0 bridgehead atoms. The molecule has 10 heavy (non-hydrogen) atoms. The topological polar surface area (TPSA) is 33.1 Å². The van der Waals surface area contributed by atoms with E-state index in [0.717, 1.165) is 5.56 Å². The van der Waals surface area contributed by atoms with Crippen LogP contribution in [0.1, 0.15) is 5.56 Å². The SMILES string of the molecule is [BH]Oc1ccc(C=N)cc1. The molecule has 0 atom stereocenters. The van der Waals surface area contributed by atoms with Gasteiger partial charge in [0.05, 0.1) is 5.75 Å². The van der Waals surface area contributed by atoms with Gasteiger partial charge >= 0.3 is 8.05 Å². The Morgan fingerprint density at radius 2 is 1.90 bits per heavy atom. The third kappa shape index (κ3) is 1.38. The van der Waals surface area contributed by atoms with E-state index in [2.05, 4.69) is 12.7 Å². The maximum Gasteiger partial charge on any atom is 0.348 e. The highest BCUT2D eigenvalue weighted by molar-refractivity contribution is 6.00. The molecule has 3 heteroatoms. The molecule has 0 aromatic heterocycles. The number of hydrogen-bond donors (Lipinski definition) is 1. The summed E-state index contributed by atoms with van der Waals surface area (Å²) >= 11 is 0. The Kier molecular flexibility index (Phi) is 2.10. The van der Waals surface area contributed by atoms with Crippen LogP contribution in [0.25, 0.3) is 0 Å². The first-order valence-electron chi connectivity index (χ1n) is 2.89. The fourth-order valence-electron chi connectivity index (χ4n) is 0.660. The van der Waals surface area contributed by atoms with Crippen LogP contribution in [0.3, 0.4) is 0 Å². The Bertz CT molecular complexity index is 220. The van der Waals surface area contributed by atoms with Crippen molar-refractivity contribution in [3.63, 3.8) is 0 Å². The molecule has 49 valence electrons. The van der Waals surface area contributed by atoms with Crippen molar-refractivity contribution >= 4 is 14.3 Å². The first-order valence-corrected chi connectivity index (χ1v) is 2.89. The molecule has 1 radical (unpaired) electrons. The van der Waals surface area contributed by atoms with Gasteiger partial charge in [0.1, 0.15) is 0 Å². The van der Waals surface area contributed by atoms with Crippen LogP contribution >= 0.6 is 0 Å². The maximum atomic E-state index is 6.89. The Hall–Kier alpha value is -1.25. The molecule has 0 fully saturated rings. The Morgan fingerprint density at radius 3 is 2.30 bits per heavy atom. The summed E-state index contributed by atoms with van der Waals surface area (Å²) in [4.78, 5) is 0. The van der Waals surface area contributed by atoms with Gasteiger partial charge in [-0.05, 0) is 29.8 Å². The summed E-state index contributed by atoms with van der Waals surface area (Å²) in [6.07, 6.45) is 1.28. The smallest absolute Gasteiger partial charge is 0.348 e. The Morgan fingerprint density at radius 1 is 1.30 bits per heavy atom. The van der Waals surface area contributed by atoms with Crippen molar-refractivity contribution in [3.8, 4) is 5.75 Å². The minimum absolute atomic E-state index is 0.714. The molecule has 0 aliphatic carbocycles. The van der Waals surface area contributed by atoms with Gasteiger partial charge in [-0.3, -0.25) is 0 Å². The lowest BCUT2D eigenvalue weighted by Gasteiger charge is -1.98. The van der Waals surface area contributed by atoms with E-state index in [1.54, 1.807) is 24.3 Å². The zero-order valence-corrected chi connectivity index (χ0v) is 5.50. The number of nitrogens with one attached hydrogen (secondary N) is 1. The van der Waals surface area contributed by atoms with Crippen LogP contribution < -0.4 is 4.65 Å².